The third-order valence-electron chi connectivity index (χ3n) is 0.149. The number of rotatable bonds is 0. The van der Waals surface area contributed by atoms with Crippen molar-refractivity contribution in [1.29, 1.82) is 0 Å². The minimum absolute atomic E-state index is 1.53. The molecule has 0 saturated carbocycles. The predicted octanol–water partition coefficient (Wildman–Crippen LogP) is -0.713. The molecule has 0 aromatic rings. The molecule has 0 rings (SSSR count). The van der Waals surface area contributed by atoms with E-state index >= 15 is 0 Å². The maximum absolute atomic E-state index is 4.60. The molecule has 2 heteroatoms. The van der Waals surface area contributed by atoms with Crippen LogP contribution in [0.2, 0.25) is 0 Å². The van der Waals surface area contributed by atoms with Crippen molar-refractivity contribution in [3.05, 3.63) is 0 Å². The van der Waals surface area contributed by atoms with E-state index < -0.39 is 0 Å². The Kier molecular flexibility index (Phi) is 2.14. The third-order valence-corrected chi connectivity index (χ3v) is 0.149. The van der Waals surface area contributed by atoms with E-state index in [2.05, 4.69) is 10.9 Å². The maximum atomic E-state index is 4.60. The van der Waals surface area contributed by atoms with Gasteiger partial charge in [-0.2, -0.15) is 0 Å². The molecule has 0 aromatic carbocycles. The predicted molar refractivity (Wildman–Crippen MR) is 18.1 cm³/mol. The summed E-state index contributed by atoms with van der Waals surface area (Å²) in [6, 6.07) is 0. The first kappa shape index (κ1) is 3.47. The second-order valence-electron chi connectivity index (χ2n) is 0.407. The largest absolute Gasteiger partial charge is 0.248 e. The van der Waals surface area contributed by atoms with Gasteiger partial charge in [0, 0.05) is 6.92 Å². The van der Waals surface area contributed by atoms with E-state index in [1.807, 2.05) is 0 Å². The van der Waals surface area contributed by atoms with Crippen LogP contribution in [0.15, 0.2) is 0 Å². The van der Waals surface area contributed by atoms with Crippen molar-refractivity contribution < 1.29 is 0 Å². The topological polar surface area (TPSA) is 40.1 Å². The van der Waals surface area contributed by atoms with Crippen LogP contribution in [0.1, 0.15) is 6.92 Å². The molecule has 2 N–H and O–H groups in total. The first-order chi connectivity index (χ1) is 1.91. The van der Waals surface area contributed by atoms with Gasteiger partial charge in [0.15, 0.2) is 5.10 Å². The highest BCUT2D eigenvalue weighted by molar-refractivity contribution is 5.50. The van der Waals surface area contributed by atoms with Crippen LogP contribution in [-0.2, 0) is 0 Å². The molecule has 23 valence electrons. The first-order valence-electron chi connectivity index (χ1n) is 1.09. The SMILES string of the molecule is C/C=[N+]/N. The Hall–Kier alpha value is -0.530. The minimum Gasteiger partial charge on any atom is -0.146 e. The lowest BCUT2D eigenvalue weighted by Gasteiger charge is -1.31. The summed E-state index contributed by atoms with van der Waals surface area (Å²) < 4.78 is 0. The highest BCUT2D eigenvalue weighted by atomic mass is 15.1. The van der Waals surface area contributed by atoms with Crippen LogP contribution >= 0.6 is 0 Å². The first-order valence-corrected chi connectivity index (χ1v) is 1.09. The minimum atomic E-state index is 1.53. The van der Waals surface area contributed by atoms with Crippen molar-refractivity contribution in [2.75, 3.05) is 0 Å². The van der Waals surface area contributed by atoms with Crippen LogP contribution in [0.3, 0.4) is 0 Å². The van der Waals surface area contributed by atoms with Gasteiger partial charge >= 0.3 is 0 Å². The van der Waals surface area contributed by atoms with Crippen LogP contribution < -0.4 is 10.9 Å². The summed E-state index contributed by atoms with van der Waals surface area (Å²) in [5.74, 6) is 4.60. The molecule has 0 atom stereocenters. The lowest BCUT2D eigenvalue weighted by Crippen LogP contribution is -1.96. The molecule has 2 nitrogen and oxygen atoms in total. The summed E-state index contributed by atoms with van der Waals surface area (Å²) >= 11 is 0. The zero-order valence-corrected chi connectivity index (χ0v) is 2.60. The highest BCUT2D eigenvalue weighted by Gasteiger charge is 1.54. The van der Waals surface area contributed by atoms with Gasteiger partial charge in [0.1, 0.15) is 0 Å². The fourth-order valence-electron chi connectivity index (χ4n) is 0. The standard InChI is InChI=1S/C2H6N2/c1-2-4-3/h2H,3H2,1H3/q+1. The van der Waals surface area contributed by atoms with E-state index in [-0.39, 0.29) is 0 Å². The van der Waals surface area contributed by atoms with Gasteiger partial charge in [0.25, 0.3) is 0 Å². The van der Waals surface area contributed by atoms with Gasteiger partial charge in [-0.05, 0) is 0 Å². The Bertz CT molecular complexity index is 19.2. The van der Waals surface area contributed by atoms with Gasteiger partial charge in [0.05, 0.1) is 0 Å². The smallest absolute Gasteiger partial charge is 0.146 e. The monoisotopic (exact) mass is 58.1 g/mol. The fraction of sp³-hybridized carbons (Fsp3) is 0.500. The van der Waals surface area contributed by atoms with E-state index in [0.29, 0.717) is 0 Å². The van der Waals surface area contributed by atoms with Gasteiger partial charge in [-0.15, -0.1) is 5.84 Å². The van der Waals surface area contributed by atoms with Crippen molar-refractivity contribution in [3.8, 4) is 0 Å². The lowest BCUT2D eigenvalue weighted by atomic mass is 10.9. The molecule has 0 heterocycles. The van der Waals surface area contributed by atoms with Gasteiger partial charge < -0.3 is 0 Å². The van der Waals surface area contributed by atoms with Gasteiger partial charge in [-0.1, -0.05) is 0 Å². The molecule has 0 aliphatic rings. The summed E-state index contributed by atoms with van der Waals surface area (Å²) in [5.41, 5.74) is 0. The number of hydrogen-bond acceptors (Lipinski definition) is 2. The molecule has 0 saturated heterocycles. The van der Waals surface area contributed by atoms with Crippen LogP contribution in [0, 0.1) is 0 Å². The Balaban J connectivity index is 2.55. The zero-order chi connectivity index (χ0) is 3.41. The van der Waals surface area contributed by atoms with Crippen molar-refractivity contribution in [2.45, 2.75) is 6.92 Å². The van der Waals surface area contributed by atoms with Gasteiger partial charge in [-0.25, -0.2) is 0 Å². The second-order valence-corrected chi connectivity index (χ2v) is 0.407. The molecular weight excluding hydrogens is 52.0 g/mol. The molecule has 1 radical (unpaired) electrons. The molecule has 0 aromatic heterocycles. The normalized spacial score (nSPS) is 9.25. The van der Waals surface area contributed by atoms with Crippen LogP contribution in [-0.4, -0.2) is 6.21 Å². The summed E-state index contributed by atoms with van der Waals surface area (Å²) in [6.07, 6.45) is 1.53. The van der Waals surface area contributed by atoms with Crippen molar-refractivity contribution in [2.24, 2.45) is 5.84 Å². The van der Waals surface area contributed by atoms with Crippen LogP contribution in [0.25, 0.3) is 0 Å². The maximum Gasteiger partial charge on any atom is 0.248 e. The van der Waals surface area contributed by atoms with Crippen LogP contribution in [0.4, 0.5) is 0 Å². The molecule has 4 heavy (non-hydrogen) atoms. The van der Waals surface area contributed by atoms with Gasteiger partial charge in [0.2, 0.25) is 6.21 Å². The van der Waals surface area contributed by atoms with Crippen molar-refractivity contribution in [3.63, 3.8) is 0 Å². The summed E-state index contributed by atoms with van der Waals surface area (Å²) in [5, 5.41) is 3.11. The van der Waals surface area contributed by atoms with E-state index in [1.165, 1.54) is 6.21 Å². The number of hydrogen-bond donors (Lipinski definition) is 1. The summed E-state index contributed by atoms with van der Waals surface area (Å²) in [7, 11) is 0. The number of hydrazone groups is 1. The molecule has 0 amide bonds. The average molecular weight is 58.1 g/mol. The molecule has 0 fully saturated rings. The second kappa shape index (κ2) is 2.47. The van der Waals surface area contributed by atoms with Crippen LogP contribution in [0.5, 0.6) is 0 Å². The Morgan fingerprint density at radius 2 is 2.25 bits per heavy atom. The average Bonchev–Trinajstić information content (AvgIpc) is 1.37. The van der Waals surface area contributed by atoms with Gasteiger partial charge in [-0.3, -0.25) is 0 Å². The summed E-state index contributed by atoms with van der Waals surface area (Å²) in [6.45, 7) is 1.76. The van der Waals surface area contributed by atoms with E-state index in [9.17, 15) is 0 Å². The Morgan fingerprint density at radius 3 is 2.25 bits per heavy atom. The molecular formula is C2H6N2+. The third kappa shape index (κ3) is 1.47. The lowest BCUT2D eigenvalue weighted by molar-refractivity contribution is 1.11. The quantitative estimate of drug-likeness (QED) is 0.223. The highest BCUT2D eigenvalue weighted by Crippen LogP contribution is 1.15. The molecule has 0 bridgehead atoms. The zero-order valence-electron chi connectivity index (χ0n) is 2.60. The Morgan fingerprint density at radius 1 is 2.00 bits per heavy atom. The summed E-state index contributed by atoms with van der Waals surface area (Å²) in [4.78, 5) is 0. The van der Waals surface area contributed by atoms with Crippen molar-refractivity contribution in [1.82, 2.24) is 5.10 Å². The van der Waals surface area contributed by atoms with E-state index in [4.69, 9.17) is 0 Å². The molecule has 0 spiro atoms. The van der Waals surface area contributed by atoms with E-state index in [0.717, 1.165) is 0 Å². The van der Waals surface area contributed by atoms with E-state index in [1.54, 1.807) is 6.92 Å². The number of nitrogens with zero attached hydrogens (tertiary/aromatic N) is 1. The Labute approximate surface area is 25.3 Å². The molecule has 0 aliphatic heterocycles. The molecule has 0 aliphatic carbocycles. The number of nitrogens with two attached hydrogens (primary N) is 1. The fourth-order valence-corrected chi connectivity index (χ4v) is 0. The van der Waals surface area contributed by atoms with Crippen molar-refractivity contribution >= 4 is 6.21 Å². The molecule has 0 unspecified atom stereocenters.